The normalized spacial score (nSPS) is 22.3. The fourth-order valence-corrected chi connectivity index (χ4v) is 1.47. The standard InChI is InChI=1S/C13H23NO4/c1-9-8-10(9)11(15)17-7-6-14(5)12(16)18-13(2,3)4/h9-10H,6-8H2,1-5H3/t9-,10-/m1/s1. The summed E-state index contributed by atoms with van der Waals surface area (Å²) in [4.78, 5) is 24.4. The predicted octanol–water partition coefficient (Wildman–Crippen LogP) is 2.05. The van der Waals surface area contributed by atoms with Crippen molar-refractivity contribution in [3.63, 3.8) is 0 Å². The highest BCUT2D eigenvalue weighted by molar-refractivity contribution is 5.75. The van der Waals surface area contributed by atoms with Crippen LogP contribution < -0.4 is 0 Å². The Morgan fingerprint density at radius 1 is 1.33 bits per heavy atom. The number of likely N-dealkylation sites (N-methyl/N-ethyl adjacent to an activating group) is 1. The zero-order valence-electron chi connectivity index (χ0n) is 11.9. The number of carbonyl (C=O) groups is 2. The van der Waals surface area contributed by atoms with Gasteiger partial charge in [-0.1, -0.05) is 6.92 Å². The lowest BCUT2D eigenvalue weighted by Gasteiger charge is -2.24. The van der Waals surface area contributed by atoms with Crippen LogP contribution in [0.3, 0.4) is 0 Å². The van der Waals surface area contributed by atoms with Crippen LogP contribution >= 0.6 is 0 Å². The largest absolute Gasteiger partial charge is 0.464 e. The maximum Gasteiger partial charge on any atom is 0.410 e. The number of ether oxygens (including phenoxy) is 2. The molecule has 0 bridgehead atoms. The molecule has 0 aliphatic heterocycles. The lowest BCUT2D eigenvalue weighted by molar-refractivity contribution is -0.145. The van der Waals surface area contributed by atoms with Gasteiger partial charge in [-0.2, -0.15) is 0 Å². The van der Waals surface area contributed by atoms with E-state index in [9.17, 15) is 9.59 Å². The number of esters is 1. The van der Waals surface area contributed by atoms with E-state index in [1.807, 2.05) is 27.7 Å². The second-order valence-corrected chi connectivity index (χ2v) is 5.89. The van der Waals surface area contributed by atoms with Crippen molar-refractivity contribution in [3.8, 4) is 0 Å². The second kappa shape index (κ2) is 5.59. The molecule has 1 aliphatic carbocycles. The maximum atomic E-state index is 11.6. The monoisotopic (exact) mass is 257 g/mol. The second-order valence-electron chi connectivity index (χ2n) is 5.89. The molecular formula is C13H23NO4. The summed E-state index contributed by atoms with van der Waals surface area (Å²) in [5, 5.41) is 0. The Morgan fingerprint density at radius 2 is 1.89 bits per heavy atom. The minimum atomic E-state index is -0.508. The van der Waals surface area contributed by atoms with Crippen molar-refractivity contribution in [2.45, 2.75) is 39.7 Å². The molecule has 0 unspecified atom stereocenters. The van der Waals surface area contributed by atoms with Crippen LogP contribution in [0.2, 0.25) is 0 Å². The Kier molecular flexibility index (Phi) is 4.59. The zero-order valence-corrected chi connectivity index (χ0v) is 11.9. The van der Waals surface area contributed by atoms with Gasteiger partial charge in [-0.15, -0.1) is 0 Å². The third-order valence-corrected chi connectivity index (χ3v) is 2.79. The first-order valence-electron chi connectivity index (χ1n) is 6.31. The van der Waals surface area contributed by atoms with E-state index < -0.39 is 11.7 Å². The lowest BCUT2D eigenvalue weighted by Crippen LogP contribution is -2.36. The van der Waals surface area contributed by atoms with Crippen molar-refractivity contribution < 1.29 is 19.1 Å². The van der Waals surface area contributed by atoms with Crippen molar-refractivity contribution in [1.82, 2.24) is 4.90 Å². The van der Waals surface area contributed by atoms with Crippen molar-refractivity contribution in [3.05, 3.63) is 0 Å². The molecule has 1 rings (SSSR count). The average Bonchev–Trinajstić information content (AvgIpc) is 2.92. The molecule has 18 heavy (non-hydrogen) atoms. The van der Waals surface area contributed by atoms with E-state index in [2.05, 4.69) is 0 Å². The first-order chi connectivity index (χ1) is 8.20. The third-order valence-electron chi connectivity index (χ3n) is 2.79. The molecule has 1 aliphatic rings. The van der Waals surface area contributed by atoms with Crippen molar-refractivity contribution in [2.24, 2.45) is 11.8 Å². The van der Waals surface area contributed by atoms with Gasteiger partial charge in [-0.25, -0.2) is 4.79 Å². The van der Waals surface area contributed by atoms with Gasteiger partial charge >= 0.3 is 12.1 Å². The summed E-state index contributed by atoms with van der Waals surface area (Å²) in [5.74, 6) is 0.359. The molecule has 0 saturated heterocycles. The molecule has 0 heterocycles. The summed E-state index contributed by atoms with van der Waals surface area (Å²) in [5.41, 5.74) is -0.508. The minimum Gasteiger partial charge on any atom is -0.464 e. The molecule has 2 atom stereocenters. The van der Waals surface area contributed by atoms with Crippen LogP contribution in [0.5, 0.6) is 0 Å². The lowest BCUT2D eigenvalue weighted by atomic mass is 10.2. The molecule has 0 spiro atoms. The SMILES string of the molecule is C[C@@H]1C[C@H]1C(=O)OCCN(C)C(=O)OC(C)(C)C. The van der Waals surface area contributed by atoms with Crippen molar-refractivity contribution in [1.29, 1.82) is 0 Å². The maximum absolute atomic E-state index is 11.6. The van der Waals surface area contributed by atoms with E-state index in [-0.39, 0.29) is 18.5 Å². The molecule has 104 valence electrons. The van der Waals surface area contributed by atoms with Crippen LogP contribution in [-0.4, -0.2) is 42.8 Å². The molecule has 5 nitrogen and oxygen atoms in total. The molecule has 1 amide bonds. The molecular weight excluding hydrogens is 234 g/mol. The Balaban J connectivity index is 2.18. The summed E-state index contributed by atoms with van der Waals surface area (Å²) >= 11 is 0. The van der Waals surface area contributed by atoms with Crippen LogP contribution in [0.4, 0.5) is 4.79 Å². The molecule has 0 aromatic rings. The van der Waals surface area contributed by atoms with E-state index in [1.54, 1.807) is 7.05 Å². The van der Waals surface area contributed by atoms with Gasteiger partial charge in [0.05, 0.1) is 12.5 Å². The van der Waals surface area contributed by atoms with Gasteiger partial charge in [0, 0.05) is 7.05 Å². The van der Waals surface area contributed by atoms with E-state index >= 15 is 0 Å². The summed E-state index contributed by atoms with van der Waals surface area (Å²) in [6.45, 7) is 8.03. The van der Waals surface area contributed by atoms with Gasteiger partial charge in [0.2, 0.25) is 0 Å². The molecule has 1 fully saturated rings. The highest BCUT2D eigenvalue weighted by Gasteiger charge is 2.40. The number of amides is 1. The van der Waals surface area contributed by atoms with E-state index in [0.29, 0.717) is 12.5 Å². The van der Waals surface area contributed by atoms with Gasteiger partial charge in [-0.3, -0.25) is 4.79 Å². The molecule has 0 aromatic heterocycles. The van der Waals surface area contributed by atoms with Gasteiger partial charge in [-0.05, 0) is 33.1 Å². The van der Waals surface area contributed by atoms with Gasteiger partial charge in [0.15, 0.2) is 0 Å². The van der Waals surface area contributed by atoms with Crippen LogP contribution in [0, 0.1) is 11.8 Å². The van der Waals surface area contributed by atoms with Crippen LogP contribution in [0.1, 0.15) is 34.1 Å². The smallest absolute Gasteiger partial charge is 0.410 e. The Labute approximate surface area is 108 Å². The van der Waals surface area contributed by atoms with Gasteiger partial charge in [0.25, 0.3) is 0 Å². The molecule has 1 saturated carbocycles. The van der Waals surface area contributed by atoms with E-state index in [4.69, 9.17) is 9.47 Å². The Bertz CT molecular complexity index is 321. The fourth-order valence-electron chi connectivity index (χ4n) is 1.47. The summed E-state index contributed by atoms with van der Waals surface area (Å²) in [6, 6.07) is 0. The number of rotatable bonds is 4. The van der Waals surface area contributed by atoms with Gasteiger partial charge in [0.1, 0.15) is 12.2 Å². The van der Waals surface area contributed by atoms with E-state index in [0.717, 1.165) is 6.42 Å². The minimum absolute atomic E-state index is 0.0665. The number of hydrogen-bond donors (Lipinski definition) is 0. The van der Waals surface area contributed by atoms with Gasteiger partial charge < -0.3 is 14.4 Å². The summed E-state index contributed by atoms with van der Waals surface area (Å²) in [6.07, 6.45) is 0.513. The van der Waals surface area contributed by atoms with Crippen LogP contribution in [-0.2, 0) is 14.3 Å². The molecule has 0 radical (unpaired) electrons. The van der Waals surface area contributed by atoms with Crippen LogP contribution in [0.25, 0.3) is 0 Å². The number of carbonyl (C=O) groups excluding carboxylic acids is 2. The fraction of sp³-hybridized carbons (Fsp3) is 0.846. The quantitative estimate of drug-likeness (QED) is 0.723. The first kappa shape index (κ1) is 14.8. The molecule has 5 heteroatoms. The average molecular weight is 257 g/mol. The highest BCUT2D eigenvalue weighted by Crippen LogP contribution is 2.38. The van der Waals surface area contributed by atoms with Crippen LogP contribution in [0.15, 0.2) is 0 Å². The summed E-state index contributed by atoms with van der Waals surface area (Å²) in [7, 11) is 1.63. The number of hydrogen-bond acceptors (Lipinski definition) is 4. The topological polar surface area (TPSA) is 55.8 Å². The predicted molar refractivity (Wildman–Crippen MR) is 67.1 cm³/mol. The molecule has 0 aromatic carbocycles. The van der Waals surface area contributed by atoms with E-state index in [1.165, 1.54) is 4.90 Å². The summed E-state index contributed by atoms with van der Waals surface area (Å²) < 4.78 is 10.3. The third kappa shape index (κ3) is 4.94. The number of nitrogens with zero attached hydrogens (tertiary/aromatic N) is 1. The zero-order chi connectivity index (χ0) is 13.9. The first-order valence-corrected chi connectivity index (χ1v) is 6.31. The van der Waals surface area contributed by atoms with Crippen molar-refractivity contribution >= 4 is 12.1 Å². The Hall–Kier alpha value is -1.26. The molecule has 0 N–H and O–H groups in total. The highest BCUT2D eigenvalue weighted by atomic mass is 16.6. The van der Waals surface area contributed by atoms with Crippen molar-refractivity contribution in [2.75, 3.05) is 20.2 Å². The Morgan fingerprint density at radius 3 is 2.33 bits per heavy atom.